The number of ether oxygens (including phenoxy) is 1. The van der Waals surface area contributed by atoms with E-state index in [1.165, 1.54) is 12.8 Å². The highest BCUT2D eigenvalue weighted by Gasteiger charge is 2.62. The van der Waals surface area contributed by atoms with E-state index in [-0.39, 0.29) is 17.6 Å². The minimum Gasteiger partial charge on any atom is -0.444 e. The predicted molar refractivity (Wildman–Crippen MR) is 144 cm³/mol. The highest BCUT2D eigenvalue weighted by atomic mass is 16.6. The summed E-state index contributed by atoms with van der Waals surface area (Å²) in [6, 6.07) is 4.28. The molecule has 10 heteroatoms. The maximum Gasteiger partial charge on any atom is 0.407 e. The molecule has 3 aromatic rings. The third-order valence-corrected chi connectivity index (χ3v) is 8.94. The van der Waals surface area contributed by atoms with E-state index in [0.29, 0.717) is 11.6 Å². The lowest BCUT2D eigenvalue weighted by atomic mass is 9.71. The number of hydrogen-bond donors (Lipinski definition) is 2. The van der Waals surface area contributed by atoms with E-state index < -0.39 is 5.60 Å². The second-order valence-electron chi connectivity index (χ2n) is 12.5. The molecule has 0 bridgehead atoms. The molecule has 38 heavy (non-hydrogen) atoms. The van der Waals surface area contributed by atoms with Crippen LogP contribution in [0.15, 0.2) is 24.5 Å². The zero-order chi connectivity index (χ0) is 26.1. The first-order valence-electron chi connectivity index (χ1n) is 14.0. The number of alkyl carbamates (subject to hydrolysis) is 1. The van der Waals surface area contributed by atoms with Gasteiger partial charge in [-0.05, 0) is 88.7 Å². The maximum atomic E-state index is 12.6. The van der Waals surface area contributed by atoms with Gasteiger partial charge in [0, 0.05) is 31.9 Å². The van der Waals surface area contributed by atoms with Crippen molar-refractivity contribution >= 4 is 34.6 Å². The summed E-state index contributed by atoms with van der Waals surface area (Å²) in [4.78, 5) is 31.5. The van der Waals surface area contributed by atoms with Crippen LogP contribution >= 0.6 is 0 Å². The molecule has 2 aliphatic carbocycles. The Kier molecular flexibility index (Phi) is 5.32. The monoisotopic (exact) mass is 516 g/mol. The summed E-state index contributed by atoms with van der Waals surface area (Å²) >= 11 is 0. The Hall–Kier alpha value is -3.43. The van der Waals surface area contributed by atoms with Crippen LogP contribution in [-0.2, 0) is 11.2 Å². The first-order valence-corrected chi connectivity index (χ1v) is 14.0. The summed E-state index contributed by atoms with van der Waals surface area (Å²) < 4.78 is 5.60. The van der Waals surface area contributed by atoms with Gasteiger partial charge in [0.05, 0.1) is 17.6 Å². The topological polar surface area (TPSA) is 112 Å². The minimum absolute atomic E-state index is 0.148. The number of aryl methyl sites for hydroxylation is 1. The highest BCUT2D eigenvalue weighted by Crippen LogP contribution is 2.63. The molecule has 10 nitrogen and oxygen atoms in total. The molecule has 1 spiro atoms. The van der Waals surface area contributed by atoms with Crippen LogP contribution in [0.25, 0.3) is 11.2 Å². The van der Waals surface area contributed by atoms with Crippen molar-refractivity contribution in [3.63, 3.8) is 0 Å². The van der Waals surface area contributed by atoms with Crippen molar-refractivity contribution in [2.45, 2.75) is 70.9 Å². The van der Waals surface area contributed by atoms with Gasteiger partial charge in [-0.1, -0.05) is 0 Å². The molecule has 5 heterocycles. The SMILES string of the molecule is CC(C)(C)OC(=O)N[C@H]1[C@@H]2C[C@H]2CC12CCN(c1cnc3c(N4CCCc5ncccc54)n[nH]c3n1)CC2. The molecule has 7 rings (SSSR count). The van der Waals surface area contributed by atoms with Gasteiger partial charge in [-0.15, -0.1) is 0 Å². The van der Waals surface area contributed by atoms with Gasteiger partial charge in [0.25, 0.3) is 0 Å². The molecule has 1 amide bonds. The second kappa shape index (κ2) is 8.54. The smallest absolute Gasteiger partial charge is 0.407 e. The number of carbonyl (C=O) groups is 1. The van der Waals surface area contributed by atoms with Crippen LogP contribution in [0.2, 0.25) is 0 Å². The number of nitrogens with one attached hydrogen (secondary N) is 2. The number of nitrogens with zero attached hydrogens (tertiary/aromatic N) is 6. The Bertz CT molecular complexity index is 1370. The normalized spacial score (nSPS) is 25.8. The van der Waals surface area contributed by atoms with E-state index in [1.54, 1.807) is 0 Å². The number of hydrogen-bond acceptors (Lipinski definition) is 8. The van der Waals surface area contributed by atoms with Crippen molar-refractivity contribution < 1.29 is 9.53 Å². The summed E-state index contributed by atoms with van der Waals surface area (Å²) in [5.41, 5.74) is 3.36. The molecule has 200 valence electrons. The molecule has 4 aliphatic rings. The van der Waals surface area contributed by atoms with Crippen molar-refractivity contribution in [3.8, 4) is 0 Å². The zero-order valence-electron chi connectivity index (χ0n) is 22.4. The zero-order valence-corrected chi connectivity index (χ0v) is 22.4. The van der Waals surface area contributed by atoms with Gasteiger partial charge in [0.15, 0.2) is 17.0 Å². The number of pyridine rings is 1. The lowest BCUT2D eigenvalue weighted by molar-refractivity contribution is 0.0417. The van der Waals surface area contributed by atoms with E-state index in [0.717, 1.165) is 79.8 Å². The number of amides is 1. The number of fused-ring (bicyclic) bond motifs is 3. The number of anilines is 3. The lowest BCUT2D eigenvalue weighted by Gasteiger charge is -2.45. The summed E-state index contributed by atoms with van der Waals surface area (Å²) in [5, 5.41) is 11.0. The number of carbonyl (C=O) groups excluding carboxylic acids is 1. The van der Waals surface area contributed by atoms with Crippen LogP contribution in [0.4, 0.5) is 22.1 Å². The van der Waals surface area contributed by atoms with E-state index in [4.69, 9.17) is 14.7 Å². The van der Waals surface area contributed by atoms with Crippen molar-refractivity contribution in [1.82, 2.24) is 30.5 Å². The van der Waals surface area contributed by atoms with Gasteiger partial charge < -0.3 is 19.9 Å². The number of piperidine rings is 1. The first-order chi connectivity index (χ1) is 18.3. The molecule has 2 aliphatic heterocycles. The van der Waals surface area contributed by atoms with Crippen LogP contribution < -0.4 is 15.1 Å². The fraction of sp³-hybridized carbons (Fsp3) is 0.607. The number of aromatic nitrogens is 5. The molecule has 3 fully saturated rings. The van der Waals surface area contributed by atoms with Crippen LogP contribution in [0, 0.1) is 17.3 Å². The van der Waals surface area contributed by atoms with E-state index >= 15 is 0 Å². The third-order valence-electron chi connectivity index (χ3n) is 8.94. The van der Waals surface area contributed by atoms with Gasteiger partial charge in [-0.2, -0.15) is 5.10 Å². The van der Waals surface area contributed by atoms with Gasteiger partial charge >= 0.3 is 6.09 Å². The van der Waals surface area contributed by atoms with Gasteiger partial charge in [0.1, 0.15) is 11.4 Å². The van der Waals surface area contributed by atoms with Crippen molar-refractivity contribution in [1.29, 1.82) is 0 Å². The van der Waals surface area contributed by atoms with Gasteiger partial charge in [-0.25, -0.2) is 14.8 Å². The second-order valence-corrected chi connectivity index (χ2v) is 12.5. The molecule has 2 saturated carbocycles. The van der Waals surface area contributed by atoms with Crippen LogP contribution in [0.3, 0.4) is 0 Å². The lowest BCUT2D eigenvalue weighted by Crippen LogP contribution is -2.53. The summed E-state index contributed by atoms with van der Waals surface area (Å²) in [7, 11) is 0. The van der Waals surface area contributed by atoms with Crippen LogP contribution in [0.1, 0.15) is 58.6 Å². The minimum atomic E-state index is -0.486. The van der Waals surface area contributed by atoms with E-state index in [2.05, 4.69) is 36.4 Å². The standard InChI is InChI=1S/C28H36N8O2/c1-27(2,3)38-26(37)32-23-18-14-17(18)15-28(23)8-12-35(13-9-28)21-16-30-22-24(31-21)33-34-25(22)36-11-5-6-19-20(36)7-4-10-29-19/h4,7,10,16-18,23H,5-6,8-9,11-15H2,1-3H3,(H,32,37)(H,31,33,34)/t17-,18+,23-/m0/s1. The number of rotatable bonds is 3. The largest absolute Gasteiger partial charge is 0.444 e. The van der Waals surface area contributed by atoms with E-state index in [9.17, 15) is 4.79 Å². The molecular weight excluding hydrogens is 480 g/mol. The van der Waals surface area contributed by atoms with Crippen LogP contribution in [0.5, 0.6) is 0 Å². The fourth-order valence-electron chi connectivity index (χ4n) is 7.14. The molecular formula is C28H36N8O2. The average molecular weight is 517 g/mol. The summed E-state index contributed by atoms with van der Waals surface area (Å²) in [6.07, 6.45) is 9.97. The summed E-state index contributed by atoms with van der Waals surface area (Å²) in [6.45, 7) is 8.43. The Labute approximate surface area is 222 Å². The summed E-state index contributed by atoms with van der Waals surface area (Å²) in [5.74, 6) is 3.04. The Morgan fingerprint density at radius 1 is 1.21 bits per heavy atom. The predicted octanol–water partition coefficient (Wildman–Crippen LogP) is 4.35. The Morgan fingerprint density at radius 3 is 2.87 bits per heavy atom. The van der Waals surface area contributed by atoms with Crippen molar-refractivity contribution in [2.75, 3.05) is 29.4 Å². The molecule has 0 unspecified atom stereocenters. The number of aromatic amines is 1. The van der Waals surface area contributed by atoms with Gasteiger partial charge in [-0.3, -0.25) is 10.1 Å². The molecule has 0 radical (unpaired) electrons. The first kappa shape index (κ1) is 23.7. The average Bonchev–Trinajstić information content (AvgIpc) is 3.41. The van der Waals surface area contributed by atoms with Gasteiger partial charge in [0.2, 0.25) is 0 Å². The van der Waals surface area contributed by atoms with Crippen LogP contribution in [-0.4, -0.2) is 62.5 Å². The molecule has 1 saturated heterocycles. The molecule has 0 aromatic carbocycles. The highest BCUT2D eigenvalue weighted by molar-refractivity contribution is 5.87. The third kappa shape index (κ3) is 4.05. The quantitative estimate of drug-likeness (QED) is 0.528. The molecule has 3 atom stereocenters. The molecule has 3 aromatic heterocycles. The maximum absolute atomic E-state index is 12.6. The number of H-pyrrole nitrogens is 1. The Morgan fingerprint density at radius 2 is 2.05 bits per heavy atom. The molecule has 2 N–H and O–H groups in total. The van der Waals surface area contributed by atoms with Crippen molar-refractivity contribution in [2.24, 2.45) is 17.3 Å². The Balaban J connectivity index is 1.07. The fourth-order valence-corrected chi connectivity index (χ4v) is 7.14. The van der Waals surface area contributed by atoms with E-state index in [1.807, 2.05) is 39.2 Å². The van der Waals surface area contributed by atoms with Crippen molar-refractivity contribution in [3.05, 3.63) is 30.2 Å².